The number of hydrogen-bond acceptors (Lipinski definition) is 3. The third-order valence-corrected chi connectivity index (χ3v) is 2.84. The van der Waals surface area contributed by atoms with Crippen molar-refractivity contribution in [2.24, 2.45) is 0 Å². The van der Waals surface area contributed by atoms with Crippen LogP contribution in [0.1, 0.15) is 38.5 Å². The predicted molar refractivity (Wildman–Crippen MR) is 67.3 cm³/mol. The Labute approximate surface area is 98.8 Å². The number of furan rings is 1. The Kier molecular flexibility index (Phi) is 6.19. The van der Waals surface area contributed by atoms with E-state index < -0.39 is 0 Å². The van der Waals surface area contributed by atoms with Crippen molar-refractivity contribution in [2.45, 2.75) is 40.3 Å². The van der Waals surface area contributed by atoms with Gasteiger partial charge in [0.05, 0.1) is 12.8 Å². The van der Waals surface area contributed by atoms with Crippen LogP contribution in [-0.4, -0.2) is 24.5 Å². The van der Waals surface area contributed by atoms with Crippen LogP contribution < -0.4 is 5.32 Å². The molecule has 0 aliphatic heterocycles. The maximum Gasteiger partial charge on any atom is 0.122 e. The molecule has 0 fully saturated rings. The lowest BCUT2D eigenvalue weighted by atomic mass is 10.2. The zero-order valence-corrected chi connectivity index (χ0v) is 10.8. The molecule has 0 amide bonds. The molecule has 16 heavy (non-hydrogen) atoms. The topological polar surface area (TPSA) is 28.4 Å². The fourth-order valence-corrected chi connectivity index (χ4v) is 1.71. The van der Waals surface area contributed by atoms with Crippen molar-refractivity contribution in [3.05, 3.63) is 23.7 Å². The summed E-state index contributed by atoms with van der Waals surface area (Å²) in [5.74, 6) is 1.10. The SMILES string of the molecule is CCCNCc1ccoc1CN(CC)CC. The minimum absolute atomic E-state index is 0.918. The van der Waals surface area contributed by atoms with Crippen LogP contribution in [0.2, 0.25) is 0 Å². The highest BCUT2D eigenvalue weighted by molar-refractivity contribution is 5.16. The second-order valence-corrected chi connectivity index (χ2v) is 4.01. The minimum Gasteiger partial charge on any atom is -0.468 e. The van der Waals surface area contributed by atoms with Gasteiger partial charge in [-0.3, -0.25) is 4.90 Å². The maximum absolute atomic E-state index is 5.55. The predicted octanol–water partition coefficient (Wildman–Crippen LogP) is 2.62. The molecule has 1 aromatic heterocycles. The van der Waals surface area contributed by atoms with Crippen LogP contribution in [0.3, 0.4) is 0 Å². The summed E-state index contributed by atoms with van der Waals surface area (Å²) in [7, 11) is 0. The summed E-state index contributed by atoms with van der Waals surface area (Å²) in [6.45, 7) is 11.6. The van der Waals surface area contributed by atoms with Gasteiger partial charge in [-0.15, -0.1) is 0 Å². The molecule has 0 atom stereocenters. The second-order valence-electron chi connectivity index (χ2n) is 4.01. The lowest BCUT2D eigenvalue weighted by Gasteiger charge is -2.17. The second kappa shape index (κ2) is 7.47. The van der Waals surface area contributed by atoms with E-state index in [1.165, 1.54) is 12.0 Å². The lowest BCUT2D eigenvalue weighted by Crippen LogP contribution is -2.23. The van der Waals surface area contributed by atoms with Gasteiger partial charge in [-0.1, -0.05) is 20.8 Å². The first-order valence-corrected chi connectivity index (χ1v) is 6.30. The molecule has 0 radical (unpaired) electrons. The normalized spacial score (nSPS) is 11.2. The average Bonchev–Trinajstić information content (AvgIpc) is 2.74. The highest BCUT2D eigenvalue weighted by atomic mass is 16.3. The number of nitrogens with one attached hydrogen (secondary N) is 1. The van der Waals surface area contributed by atoms with Gasteiger partial charge in [-0.2, -0.15) is 0 Å². The van der Waals surface area contributed by atoms with E-state index in [9.17, 15) is 0 Å². The summed E-state index contributed by atoms with van der Waals surface area (Å²) in [6, 6.07) is 2.07. The summed E-state index contributed by atoms with van der Waals surface area (Å²) in [6.07, 6.45) is 2.96. The maximum atomic E-state index is 5.55. The van der Waals surface area contributed by atoms with Crippen molar-refractivity contribution >= 4 is 0 Å². The Hall–Kier alpha value is -0.800. The molecule has 0 aliphatic rings. The van der Waals surface area contributed by atoms with Crippen molar-refractivity contribution in [2.75, 3.05) is 19.6 Å². The third kappa shape index (κ3) is 3.99. The molecule has 0 saturated carbocycles. The number of rotatable bonds is 8. The zero-order chi connectivity index (χ0) is 11.8. The summed E-state index contributed by atoms with van der Waals surface area (Å²) >= 11 is 0. The molecule has 1 rings (SSSR count). The van der Waals surface area contributed by atoms with E-state index >= 15 is 0 Å². The van der Waals surface area contributed by atoms with Crippen LogP contribution in [0.25, 0.3) is 0 Å². The van der Waals surface area contributed by atoms with Crippen molar-refractivity contribution in [1.82, 2.24) is 10.2 Å². The molecule has 3 nitrogen and oxygen atoms in total. The molecular formula is C13H24N2O. The Morgan fingerprint density at radius 1 is 1.25 bits per heavy atom. The van der Waals surface area contributed by atoms with Crippen LogP contribution in [-0.2, 0) is 13.1 Å². The van der Waals surface area contributed by atoms with Gasteiger partial charge in [-0.05, 0) is 32.1 Å². The molecule has 0 aromatic carbocycles. The van der Waals surface area contributed by atoms with E-state index in [2.05, 4.69) is 37.1 Å². The van der Waals surface area contributed by atoms with Gasteiger partial charge in [0.2, 0.25) is 0 Å². The van der Waals surface area contributed by atoms with Gasteiger partial charge in [0.1, 0.15) is 5.76 Å². The highest BCUT2D eigenvalue weighted by Gasteiger charge is 2.09. The third-order valence-electron chi connectivity index (χ3n) is 2.84. The van der Waals surface area contributed by atoms with Crippen molar-refractivity contribution in [1.29, 1.82) is 0 Å². The van der Waals surface area contributed by atoms with Gasteiger partial charge in [0.15, 0.2) is 0 Å². The first kappa shape index (κ1) is 13.3. The Morgan fingerprint density at radius 3 is 2.62 bits per heavy atom. The molecule has 0 unspecified atom stereocenters. The largest absolute Gasteiger partial charge is 0.468 e. The van der Waals surface area contributed by atoms with Gasteiger partial charge >= 0.3 is 0 Å². The van der Waals surface area contributed by atoms with E-state index in [1.807, 2.05) is 0 Å². The van der Waals surface area contributed by atoms with Crippen molar-refractivity contribution < 1.29 is 4.42 Å². The summed E-state index contributed by atoms with van der Waals surface area (Å²) < 4.78 is 5.55. The molecule has 0 spiro atoms. The standard InChI is InChI=1S/C13H24N2O/c1-4-8-14-10-12-7-9-16-13(12)11-15(5-2)6-3/h7,9,14H,4-6,8,10-11H2,1-3H3. The van der Waals surface area contributed by atoms with Crippen LogP contribution in [0, 0.1) is 0 Å². The summed E-state index contributed by atoms with van der Waals surface area (Å²) in [5.41, 5.74) is 1.29. The van der Waals surface area contributed by atoms with Crippen molar-refractivity contribution in [3.8, 4) is 0 Å². The van der Waals surface area contributed by atoms with E-state index in [-0.39, 0.29) is 0 Å². The fourth-order valence-electron chi connectivity index (χ4n) is 1.71. The number of nitrogens with zero attached hydrogens (tertiary/aromatic N) is 1. The van der Waals surface area contributed by atoms with Gasteiger partial charge in [0, 0.05) is 12.1 Å². The molecule has 0 aliphatic carbocycles. The van der Waals surface area contributed by atoms with Crippen molar-refractivity contribution in [3.63, 3.8) is 0 Å². The average molecular weight is 224 g/mol. The first-order chi connectivity index (χ1) is 7.81. The Morgan fingerprint density at radius 2 is 2.00 bits per heavy atom. The molecule has 0 saturated heterocycles. The minimum atomic E-state index is 0.918. The molecule has 3 heteroatoms. The van der Waals surface area contributed by atoms with Crippen LogP contribution in [0.4, 0.5) is 0 Å². The van der Waals surface area contributed by atoms with Crippen LogP contribution in [0.5, 0.6) is 0 Å². The molecule has 1 heterocycles. The first-order valence-electron chi connectivity index (χ1n) is 6.30. The smallest absolute Gasteiger partial charge is 0.122 e. The summed E-state index contributed by atoms with van der Waals surface area (Å²) in [4.78, 5) is 2.36. The van der Waals surface area contributed by atoms with E-state index in [1.54, 1.807) is 6.26 Å². The molecule has 1 N–H and O–H groups in total. The fraction of sp³-hybridized carbons (Fsp3) is 0.692. The lowest BCUT2D eigenvalue weighted by molar-refractivity contribution is 0.267. The molecule has 1 aromatic rings. The van der Waals surface area contributed by atoms with Crippen LogP contribution in [0.15, 0.2) is 16.7 Å². The monoisotopic (exact) mass is 224 g/mol. The molecular weight excluding hydrogens is 200 g/mol. The Balaban J connectivity index is 2.49. The zero-order valence-electron chi connectivity index (χ0n) is 10.8. The van der Waals surface area contributed by atoms with E-state index in [0.29, 0.717) is 0 Å². The number of hydrogen-bond donors (Lipinski definition) is 1. The van der Waals surface area contributed by atoms with Crippen LogP contribution >= 0.6 is 0 Å². The highest BCUT2D eigenvalue weighted by Crippen LogP contribution is 2.13. The van der Waals surface area contributed by atoms with E-state index in [4.69, 9.17) is 4.42 Å². The molecule has 92 valence electrons. The Bertz CT molecular complexity index is 279. The van der Waals surface area contributed by atoms with E-state index in [0.717, 1.165) is 38.5 Å². The van der Waals surface area contributed by atoms with Gasteiger partial charge in [-0.25, -0.2) is 0 Å². The summed E-state index contributed by atoms with van der Waals surface area (Å²) in [5, 5.41) is 3.41. The quantitative estimate of drug-likeness (QED) is 0.688. The van der Waals surface area contributed by atoms with Gasteiger partial charge < -0.3 is 9.73 Å². The molecule has 0 bridgehead atoms. The van der Waals surface area contributed by atoms with Gasteiger partial charge in [0.25, 0.3) is 0 Å².